The number of benzene rings is 3. The van der Waals surface area contributed by atoms with Crippen molar-refractivity contribution in [3.63, 3.8) is 0 Å². The average molecular weight is 429 g/mol. The maximum Gasteiger partial charge on any atom is 0.150 e. The van der Waals surface area contributed by atoms with E-state index >= 15 is 0 Å². The van der Waals surface area contributed by atoms with E-state index in [9.17, 15) is 0 Å². The molecule has 0 amide bonds. The van der Waals surface area contributed by atoms with E-state index in [1.54, 1.807) is 0 Å². The van der Waals surface area contributed by atoms with Crippen LogP contribution < -0.4 is 10.5 Å². The third-order valence-electron chi connectivity index (χ3n) is 5.44. The van der Waals surface area contributed by atoms with Crippen LogP contribution in [0.3, 0.4) is 0 Å². The Morgan fingerprint density at radius 3 is 2.61 bits per heavy atom. The Morgan fingerprint density at radius 1 is 0.968 bits per heavy atom. The molecule has 0 saturated carbocycles. The third-order valence-corrected chi connectivity index (χ3v) is 5.79. The molecular formula is C25H21ClN4O. The third kappa shape index (κ3) is 3.47. The minimum absolute atomic E-state index is 0.407. The number of aromatic nitrogens is 3. The van der Waals surface area contributed by atoms with Gasteiger partial charge in [0.1, 0.15) is 12.1 Å². The van der Waals surface area contributed by atoms with E-state index in [1.165, 1.54) is 0 Å². The highest BCUT2D eigenvalue weighted by atomic mass is 35.5. The SMILES string of the molecule is Cc1ncn2c1c(C)nc1cc(OC(c3cccc(N)c3)c3ccccc3Cl)ccc12. The van der Waals surface area contributed by atoms with Gasteiger partial charge in [0.2, 0.25) is 0 Å². The zero-order valence-electron chi connectivity index (χ0n) is 17.2. The molecule has 0 aliphatic rings. The molecule has 1 unspecified atom stereocenters. The van der Waals surface area contributed by atoms with Gasteiger partial charge in [-0.05, 0) is 49.7 Å². The Balaban J connectivity index is 1.62. The van der Waals surface area contributed by atoms with Crippen molar-refractivity contribution < 1.29 is 4.74 Å². The van der Waals surface area contributed by atoms with Crippen molar-refractivity contribution in [2.75, 3.05) is 5.73 Å². The summed E-state index contributed by atoms with van der Waals surface area (Å²) in [5.41, 5.74) is 13.3. The van der Waals surface area contributed by atoms with Gasteiger partial charge in [0.25, 0.3) is 0 Å². The number of rotatable bonds is 4. The van der Waals surface area contributed by atoms with Crippen molar-refractivity contribution >= 4 is 33.8 Å². The molecule has 0 spiro atoms. The highest BCUT2D eigenvalue weighted by Gasteiger charge is 2.20. The van der Waals surface area contributed by atoms with Crippen molar-refractivity contribution in [1.29, 1.82) is 0 Å². The van der Waals surface area contributed by atoms with E-state index in [4.69, 9.17) is 27.1 Å². The summed E-state index contributed by atoms with van der Waals surface area (Å²) in [7, 11) is 0. The number of ether oxygens (including phenoxy) is 1. The Hall–Kier alpha value is -3.57. The van der Waals surface area contributed by atoms with Crippen molar-refractivity contribution in [3.8, 4) is 5.75 Å². The molecule has 0 aliphatic carbocycles. The molecule has 2 aromatic heterocycles. The van der Waals surface area contributed by atoms with Gasteiger partial charge in [0.05, 0.1) is 27.9 Å². The molecule has 154 valence electrons. The van der Waals surface area contributed by atoms with Crippen molar-refractivity contribution in [1.82, 2.24) is 14.4 Å². The van der Waals surface area contributed by atoms with Gasteiger partial charge in [0.15, 0.2) is 6.10 Å². The smallest absolute Gasteiger partial charge is 0.150 e. The van der Waals surface area contributed by atoms with Gasteiger partial charge in [-0.15, -0.1) is 0 Å². The molecule has 0 radical (unpaired) electrons. The van der Waals surface area contributed by atoms with Crippen LogP contribution in [0.15, 0.2) is 73.1 Å². The van der Waals surface area contributed by atoms with E-state index in [-0.39, 0.29) is 0 Å². The van der Waals surface area contributed by atoms with Crippen LogP contribution in [0.5, 0.6) is 5.75 Å². The summed E-state index contributed by atoms with van der Waals surface area (Å²) in [6, 6.07) is 21.3. The lowest BCUT2D eigenvalue weighted by Crippen LogP contribution is -2.10. The van der Waals surface area contributed by atoms with E-state index in [0.29, 0.717) is 16.5 Å². The molecular weight excluding hydrogens is 408 g/mol. The second kappa shape index (κ2) is 7.60. The lowest BCUT2D eigenvalue weighted by atomic mass is 10.0. The number of anilines is 1. The van der Waals surface area contributed by atoms with E-state index in [1.807, 2.05) is 86.9 Å². The molecule has 31 heavy (non-hydrogen) atoms. The van der Waals surface area contributed by atoms with E-state index < -0.39 is 6.10 Å². The molecule has 0 aliphatic heterocycles. The zero-order valence-corrected chi connectivity index (χ0v) is 18.0. The Morgan fingerprint density at radius 2 is 1.81 bits per heavy atom. The van der Waals surface area contributed by atoms with Crippen LogP contribution in [-0.4, -0.2) is 14.4 Å². The molecule has 3 aromatic carbocycles. The minimum atomic E-state index is -0.407. The summed E-state index contributed by atoms with van der Waals surface area (Å²) in [5.74, 6) is 0.697. The summed E-state index contributed by atoms with van der Waals surface area (Å²) in [4.78, 5) is 9.24. The second-order valence-electron chi connectivity index (χ2n) is 7.59. The van der Waals surface area contributed by atoms with Crippen molar-refractivity contribution in [2.24, 2.45) is 0 Å². The molecule has 1 atom stereocenters. The van der Waals surface area contributed by atoms with Crippen molar-refractivity contribution in [2.45, 2.75) is 20.0 Å². The van der Waals surface area contributed by atoms with Crippen LogP contribution in [0.2, 0.25) is 5.02 Å². The maximum absolute atomic E-state index is 6.52. The molecule has 0 bridgehead atoms. The molecule has 5 nitrogen and oxygen atoms in total. The molecule has 0 fully saturated rings. The fourth-order valence-electron chi connectivity index (χ4n) is 4.02. The summed E-state index contributed by atoms with van der Waals surface area (Å²) < 4.78 is 8.55. The van der Waals surface area contributed by atoms with E-state index in [2.05, 4.69) is 9.38 Å². The first-order chi connectivity index (χ1) is 15.0. The van der Waals surface area contributed by atoms with Gasteiger partial charge in [-0.2, -0.15) is 0 Å². The quantitative estimate of drug-likeness (QED) is 0.362. The van der Waals surface area contributed by atoms with Crippen LogP contribution >= 0.6 is 11.6 Å². The number of nitrogens with zero attached hydrogens (tertiary/aromatic N) is 3. The van der Waals surface area contributed by atoms with Gasteiger partial charge in [-0.25, -0.2) is 9.97 Å². The first-order valence-electron chi connectivity index (χ1n) is 10.0. The molecule has 2 N–H and O–H groups in total. The number of halogens is 1. The summed E-state index contributed by atoms with van der Waals surface area (Å²) in [6.07, 6.45) is 1.43. The van der Waals surface area contributed by atoms with Gasteiger partial charge in [0, 0.05) is 22.3 Å². The predicted octanol–water partition coefficient (Wildman–Crippen LogP) is 5.90. The fraction of sp³-hybridized carbons (Fsp3) is 0.120. The standard InChI is InChI=1S/C25H21ClN4O/c1-15-24-16(2)29-22-13-19(10-11-23(22)30(24)14-28-15)31-25(17-6-5-7-18(27)12-17)20-8-3-4-9-21(20)26/h3-14,25H,27H2,1-2H3. The average Bonchev–Trinajstić information content (AvgIpc) is 3.15. The first-order valence-corrected chi connectivity index (χ1v) is 10.4. The van der Waals surface area contributed by atoms with Crippen LogP contribution in [0.4, 0.5) is 5.69 Å². The van der Waals surface area contributed by atoms with Crippen LogP contribution in [0, 0.1) is 13.8 Å². The van der Waals surface area contributed by atoms with Gasteiger partial charge in [-0.1, -0.05) is 41.9 Å². The topological polar surface area (TPSA) is 65.4 Å². The second-order valence-corrected chi connectivity index (χ2v) is 7.99. The van der Waals surface area contributed by atoms with Gasteiger partial charge >= 0.3 is 0 Å². The molecule has 5 rings (SSSR count). The molecule has 5 aromatic rings. The molecule has 2 heterocycles. The predicted molar refractivity (Wildman–Crippen MR) is 125 cm³/mol. The summed E-state index contributed by atoms with van der Waals surface area (Å²) in [5, 5.41) is 0.639. The van der Waals surface area contributed by atoms with Gasteiger partial charge in [-0.3, -0.25) is 4.40 Å². The van der Waals surface area contributed by atoms with Crippen molar-refractivity contribution in [3.05, 3.63) is 101 Å². The number of nitrogen functional groups attached to an aromatic ring is 1. The number of nitrogens with two attached hydrogens (primary N) is 1. The fourth-order valence-corrected chi connectivity index (χ4v) is 4.25. The summed E-state index contributed by atoms with van der Waals surface area (Å²) in [6.45, 7) is 3.99. The molecule has 0 saturated heterocycles. The lowest BCUT2D eigenvalue weighted by molar-refractivity contribution is 0.248. The number of imidazole rings is 1. The minimum Gasteiger partial charge on any atom is -0.481 e. The maximum atomic E-state index is 6.52. The van der Waals surface area contributed by atoms with E-state index in [0.717, 1.165) is 39.1 Å². The largest absolute Gasteiger partial charge is 0.481 e. The Labute approximate surface area is 185 Å². The van der Waals surface area contributed by atoms with Gasteiger partial charge < -0.3 is 10.5 Å². The normalized spacial score (nSPS) is 12.4. The highest BCUT2D eigenvalue weighted by molar-refractivity contribution is 6.31. The number of aryl methyl sites for hydroxylation is 2. The Kier molecular flexibility index (Phi) is 4.75. The number of hydrogen-bond donors (Lipinski definition) is 1. The molecule has 6 heteroatoms. The summed E-state index contributed by atoms with van der Waals surface area (Å²) >= 11 is 6.52. The van der Waals surface area contributed by atoms with Crippen LogP contribution in [0.25, 0.3) is 16.6 Å². The monoisotopic (exact) mass is 428 g/mol. The lowest BCUT2D eigenvalue weighted by Gasteiger charge is -2.22. The number of fused-ring (bicyclic) bond motifs is 3. The first kappa shape index (κ1) is 19.4. The van der Waals surface area contributed by atoms with Crippen LogP contribution in [-0.2, 0) is 0 Å². The highest BCUT2D eigenvalue weighted by Crippen LogP contribution is 2.34. The zero-order chi connectivity index (χ0) is 21.5. The number of hydrogen-bond acceptors (Lipinski definition) is 4. The van der Waals surface area contributed by atoms with Crippen LogP contribution in [0.1, 0.15) is 28.6 Å². The Bertz CT molecular complexity index is 1430.